The molecule has 0 aliphatic carbocycles. The SMILES string of the molecule is CC(C)(C)ON=C(CSC(C)(C)C)CSC(C)(C)C. The smallest absolute Gasteiger partial charge is 0.129 e. The monoisotopic (exact) mass is 305 g/mol. The van der Waals surface area contributed by atoms with Crippen LogP contribution in [0.5, 0.6) is 0 Å². The summed E-state index contributed by atoms with van der Waals surface area (Å²) in [5, 5.41) is 4.38. The standard InChI is InChI=1S/C15H31NOS2/c1-13(2,3)17-16-12(10-18-14(4,5)6)11-19-15(7,8)9/h10-11H2,1-9H3. The Morgan fingerprint density at radius 3 is 1.42 bits per heavy atom. The van der Waals surface area contributed by atoms with Gasteiger partial charge in [-0.1, -0.05) is 46.7 Å². The maximum atomic E-state index is 5.58. The second-order valence-corrected chi connectivity index (χ2v) is 11.3. The molecule has 0 aromatic rings. The lowest BCUT2D eigenvalue weighted by Crippen LogP contribution is -2.21. The molecule has 4 heteroatoms. The Hall–Kier alpha value is 0.170. The first-order chi connectivity index (χ1) is 8.29. The first-order valence-electron chi connectivity index (χ1n) is 6.80. The minimum absolute atomic E-state index is 0.218. The molecule has 0 aromatic heterocycles. The molecule has 0 aromatic carbocycles. The summed E-state index contributed by atoms with van der Waals surface area (Å²) in [7, 11) is 0. The van der Waals surface area contributed by atoms with Crippen molar-refractivity contribution >= 4 is 29.2 Å². The van der Waals surface area contributed by atoms with E-state index in [0.717, 1.165) is 17.2 Å². The molecule has 0 N–H and O–H groups in total. The van der Waals surface area contributed by atoms with Crippen molar-refractivity contribution in [1.82, 2.24) is 0 Å². The van der Waals surface area contributed by atoms with Gasteiger partial charge in [-0.2, -0.15) is 0 Å². The molecule has 0 saturated carbocycles. The first-order valence-corrected chi connectivity index (χ1v) is 8.77. The molecule has 0 saturated heterocycles. The molecule has 0 amide bonds. The normalized spacial score (nSPS) is 13.3. The Morgan fingerprint density at radius 2 is 1.16 bits per heavy atom. The fourth-order valence-corrected chi connectivity index (χ4v) is 2.53. The van der Waals surface area contributed by atoms with Crippen molar-refractivity contribution in [3.8, 4) is 0 Å². The van der Waals surface area contributed by atoms with E-state index >= 15 is 0 Å². The third-order valence-electron chi connectivity index (χ3n) is 1.79. The molecule has 0 aliphatic rings. The number of oxime groups is 1. The fraction of sp³-hybridized carbons (Fsp3) is 0.933. The lowest BCUT2D eigenvalue weighted by molar-refractivity contribution is 0.000832. The lowest BCUT2D eigenvalue weighted by atomic mass is 10.2. The minimum atomic E-state index is -0.218. The van der Waals surface area contributed by atoms with E-state index in [2.05, 4.69) is 46.7 Å². The molecule has 0 radical (unpaired) electrons. The van der Waals surface area contributed by atoms with Crippen molar-refractivity contribution < 1.29 is 4.84 Å². The topological polar surface area (TPSA) is 21.6 Å². The minimum Gasteiger partial charge on any atom is -0.390 e. The van der Waals surface area contributed by atoms with Crippen LogP contribution in [0.2, 0.25) is 0 Å². The quantitative estimate of drug-likeness (QED) is 0.513. The van der Waals surface area contributed by atoms with Crippen molar-refractivity contribution in [2.45, 2.75) is 77.4 Å². The largest absolute Gasteiger partial charge is 0.390 e. The van der Waals surface area contributed by atoms with Gasteiger partial charge in [-0.15, -0.1) is 23.5 Å². The maximum Gasteiger partial charge on any atom is 0.129 e. The summed E-state index contributed by atoms with van der Waals surface area (Å²) in [5.41, 5.74) is 0.916. The van der Waals surface area contributed by atoms with Crippen LogP contribution in [0.1, 0.15) is 62.3 Å². The summed E-state index contributed by atoms with van der Waals surface area (Å²) in [6.45, 7) is 19.5. The van der Waals surface area contributed by atoms with E-state index in [4.69, 9.17) is 4.84 Å². The van der Waals surface area contributed by atoms with E-state index in [1.54, 1.807) is 0 Å². The predicted octanol–water partition coefficient (Wildman–Crippen LogP) is 5.22. The highest BCUT2D eigenvalue weighted by Gasteiger charge is 2.18. The summed E-state index contributed by atoms with van der Waals surface area (Å²) < 4.78 is 0.518. The highest BCUT2D eigenvalue weighted by Crippen LogP contribution is 2.27. The van der Waals surface area contributed by atoms with Crippen LogP contribution in [0.3, 0.4) is 0 Å². The van der Waals surface area contributed by atoms with Gasteiger partial charge in [0.1, 0.15) is 5.60 Å². The highest BCUT2D eigenvalue weighted by atomic mass is 32.2. The number of nitrogens with zero attached hydrogens (tertiary/aromatic N) is 1. The van der Waals surface area contributed by atoms with Crippen molar-refractivity contribution in [3.63, 3.8) is 0 Å². The molecule has 0 atom stereocenters. The summed E-state index contributed by atoms with van der Waals surface area (Å²) in [6.07, 6.45) is 0. The number of thioether (sulfide) groups is 2. The average Bonchev–Trinajstić information content (AvgIpc) is 2.11. The van der Waals surface area contributed by atoms with Gasteiger partial charge in [0.05, 0.1) is 5.71 Å². The van der Waals surface area contributed by atoms with Crippen molar-refractivity contribution in [1.29, 1.82) is 0 Å². The zero-order valence-electron chi connectivity index (χ0n) is 14.1. The van der Waals surface area contributed by atoms with Crippen LogP contribution in [0.4, 0.5) is 0 Å². The zero-order chi connectivity index (χ0) is 15.3. The summed E-state index contributed by atoms with van der Waals surface area (Å²) in [5.74, 6) is 1.87. The Bertz CT molecular complexity index is 273. The van der Waals surface area contributed by atoms with Crippen LogP contribution in [0, 0.1) is 0 Å². The van der Waals surface area contributed by atoms with Gasteiger partial charge >= 0.3 is 0 Å². The first kappa shape index (κ1) is 19.2. The summed E-state index contributed by atoms with van der Waals surface area (Å²) in [6, 6.07) is 0. The van der Waals surface area contributed by atoms with Crippen LogP contribution in [-0.2, 0) is 4.84 Å². The van der Waals surface area contributed by atoms with Gasteiger partial charge < -0.3 is 4.84 Å². The molecule has 0 rings (SSSR count). The molecular formula is C15H31NOS2. The van der Waals surface area contributed by atoms with Gasteiger partial charge in [-0.05, 0) is 20.8 Å². The highest BCUT2D eigenvalue weighted by molar-refractivity contribution is 8.02. The van der Waals surface area contributed by atoms with Gasteiger partial charge in [0.15, 0.2) is 0 Å². The van der Waals surface area contributed by atoms with Gasteiger partial charge in [0, 0.05) is 21.0 Å². The zero-order valence-corrected chi connectivity index (χ0v) is 15.7. The predicted molar refractivity (Wildman–Crippen MR) is 92.7 cm³/mol. The fourth-order valence-electron chi connectivity index (χ4n) is 0.895. The Labute approximate surface area is 128 Å². The van der Waals surface area contributed by atoms with Crippen molar-refractivity contribution in [2.75, 3.05) is 11.5 Å². The Morgan fingerprint density at radius 1 is 0.789 bits per heavy atom. The molecule has 0 heterocycles. The lowest BCUT2D eigenvalue weighted by Gasteiger charge is -2.22. The van der Waals surface area contributed by atoms with Crippen molar-refractivity contribution in [3.05, 3.63) is 0 Å². The molecule has 0 unspecified atom stereocenters. The Balaban J connectivity index is 4.56. The van der Waals surface area contributed by atoms with E-state index < -0.39 is 0 Å². The molecule has 0 spiro atoms. The molecule has 0 fully saturated rings. The van der Waals surface area contributed by atoms with Gasteiger partial charge in [0.2, 0.25) is 0 Å². The second kappa shape index (κ2) is 7.26. The van der Waals surface area contributed by atoms with E-state index in [-0.39, 0.29) is 15.1 Å². The maximum absolute atomic E-state index is 5.58. The molecule has 19 heavy (non-hydrogen) atoms. The second-order valence-electron chi connectivity index (χ2n) is 7.66. The van der Waals surface area contributed by atoms with Crippen LogP contribution < -0.4 is 0 Å². The average molecular weight is 306 g/mol. The number of hydrogen-bond donors (Lipinski definition) is 0. The molecule has 0 bridgehead atoms. The van der Waals surface area contributed by atoms with Gasteiger partial charge in [0.25, 0.3) is 0 Å². The van der Waals surface area contributed by atoms with E-state index in [1.165, 1.54) is 0 Å². The van der Waals surface area contributed by atoms with Crippen LogP contribution >= 0.6 is 23.5 Å². The van der Waals surface area contributed by atoms with E-state index in [1.807, 2.05) is 44.3 Å². The molecule has 2 nitrogen and oxygen atoms in total. The van der Waals surface area contributed by atoms with E-state index in [9.17, 15) is 0 Å². The molecular weight excluding hydrogens is 274 g/mol. The molecule has 114 valence electrons. The van der Waals surface area contributed by atoms with Gasteiger partial charge in [-0.3, -0.25) is 0 Å². The number of rotatable bonds is 5. The van der Waals surface area contributed by atoms with Crippen LogP contribution in [0.25, 0.3) is 0 Å². The van der Waals surface area contributed by atoms with Gasteiger partial charge in [-0.25, -0.2) is 0 Å². The Kier molecular flexibility index (Phi) is 7.32. The number of hydrogen-bond acceptors (Lipinski definition) is 4. The summed E-state index contributed by atoms with van der Waals surface area (Å²) in [4.78, 5) is 5.58. The van der Waals surface area contributed by atoms with Crippen molar-refractivity contribution in [2.24, 2.45) is 5.16 Å². The third-order valence-corrected chi connectivity index (χ3v) is 4.48. The summed E-state index contributed by atoms with van der Waals surface area (Å²) >= 11 is 3.84. The third kappa shape index (κ3) is 14.4. The van der Waals surface area contributed by atoms with Crippen LogP contribution in [0.15, 0.2) is 5.16 Å². The van der Waals surface area contributed by atoms with E-state index in [0.29, 0.717) is 0 Å². The molecule has 0 aliphatic heterocycles. The van der Waals surface area contributed by atoms with Crippen LogP contribution in [-0.4, -0.2) is 32.3 Å².